The first kappa shape index (κ1) is 20.0. The minimum atomic E-state index is -0.516. The van der Waals surface area contributed by atoms with Gasteiger partial charge in [-0.25, -0.2) is 10.1 Å². The van der Waals surface area contributed by atoms with Crippen molar-refractivity contribution in [2.45, 2.75) is 25.8 Å². The van der Waals surface area contributed by atoms with Gasteiger partial charge in [0.05, 0.1) is 6.21 Å². The molecule has 1 aliphatic heterocycles. The van der Waals surface area contributed by atoms with E-state index in [1.54, 1.807) is 12.1 Å². The minimum Gasteiger partial charge on any atom is -0.378 e. The standard InChI is InChI=1S/C18H20ClN9O2/c19-13-7-3-2-6-12(13)10-21-23-18(29)15-14(11-27-8-4-1-5-9-27)22-26-28(15)17-16(20)24-30-25-17/h2-3,6-7,10H,1,4-5,8-9,11H2,(H2,20,24)(H,23,29)/b21-10+. The molecular weight excluding hydrogens is 410 g/mol. The number of hydrogen-bond acceptors (Lipinski definition) is 9. The van der Waals surface area contributed by atoms with E-state index < -0.39 is 5.91 Å². The Morgan fingerprint density at radius 2 is 2.07 bits per heavy atom. The van der Waals surface area contributed by atoms with E-state index in [1.165, 1.54) is 17.3 Å². The molecule has 30 heavy (non-hydrogen) atoms. The van der Waals surface area contributed by atoms with Crippen molar-refractivity contribution in [3.8, 4) is 5.82 Å². The van der Waals surface area contributed by atoms with Crippen LogP contribution >= 0.6 is 11.6 Å². The Bertz CT molecular complexity index is 1060. The second-order valence-electron chi connectivity index (χ2n) is 6.83. The van der Waals surface area contributed by atoms with E-state index in [-0.39, 0.29) is 17.3 Å². The van der Waals surface area contributed by atoms with Gasteiger partial charge in [-0.1, -0.05) is 41.4 Å². The maximum Gasteiger partial charge on any atom is 0.292 e. The number of nitrogens with one attached hydrogen (secondary N) is 1. The molecule has 1 aliphatic rings. The number of amides is 1. The first-order valence-corrected chi connectivity index (χ1v) is 9.84. The topological polar surface area (TPSA) is 140 Å². The first-order valence-electron chi connectivity index (χ1n) is 9.47. The third kappa shape index (κ3) is 4.31. The van der Waals surface area contributed by atoms with Gasteiger partial charge < -0.3 is 5.73 Å². The number of benzene rings is 1. The predicted octanol–water partition coefficient (Wildman–Crippen LogP) is 1.64. The summed E-state index contributed by atoms with van der Waals surface area (Å²) >= 11 is 6.11. The fourth-order valence-corrected chi connectivity index (χ4v) is 3.44. The number of nitrogen functional groups attached to an aromatic ring is 1. The molecular formula is C18H20ClN9O2. The average molecular weight is 430 g/mol. The van der Waals surface area contributed by atoms with Crippen molar-refractivity contribution in [3.63, 3.8) is 0 Å². The summed E-state index contributed by atoms with van der Waals surface area (Å²) in [6.45, 7) is 2.35. The van der Waals surface area contributed by atoms with Crippen LogP contribution in [0.4, 0.5) is 5.82 Å². The van der Waals surface area contributed by atoms with Crippen molar-refractivity contribution in [3.05, 3.63) is 46.2 Å². The molecule has 0 spiro atoms. The Labute approximate surface area is 176 Å². The minimum absolute atomic E-state index is 0.00181. The molecule has 2 aromatic heterocycles. The van der Waals surface area contributed by atoms with Crippen molar-refractivity contribution in [1.82, 2.24) is 35.6 Å². The van der Waals surface area contributed by atoms with E-state index in [0.29, 0.717) is 22.8 Å². The number of piperidine rings is 1. The number of hydrogen-bond donors (Lipinski definition) is 2. The van der Waals surface area contributed by atoms with E-state index >= 15 is 0 Å². The lowest BCUT2D eigenvalue weighted by Gasteiger charge is -2.25. The monoisotopic (exact) mass is 429 g/mol. The summed E-state index contributed by atoms with van der Waals surface area (Å²) in [5.41, 5.74) is 9.61. The summed E-state index contributed by atoms with van der Waals surface area (Å²) in [6.07, 6.45) is 4.88. The summed E-state index contributed by atoms with van der Waals surface area (Å²) < 4.78 is 5.86. The Kier molecular flexibility index (Phi) is 6.00. The normalized spacial score (nSPS) is 15.0. The summed E-state index contributed by atoms with van der Waals surface area (Å²) in [6, 6.07) is 7.16. The van der Waals surface area contributed by atoms with Crippen LogP contribution in [0.5, 0.6) is 0 Å². The Balaban J connectivity index is 1.60. The predicted molar refractivity (Wildman–Crippen MR) is 109 cm³/mol. The second kappa shape index (κ2) is 9.01. The fourth-order valence-electron chi connectivity index (χ4n) is 3.26. The molecule has 12 heteroatoms. The van der Waals surface area contributed by atoms with Gasteiger partial charge in [0.25, 0.3) is 5.91 Å². The van der Waals surface area contributed by atoms with Crippen LogP contribution in [0.1, 0.15) is 41.0 Å². The van der Waals surface area contributed by atoms with E-state index in [1.807, 2.05) is 12.1 Å². The molecule has 156 valence electrons. The Hall–Kier alpha value is -3.31. The van der Waals surface area contributed by atoms with Crippen LogP contribution in [-0.4, -0.2) is 55.4 Å². The molecule has 1 aromatic carbocycles. The molecule has 1 saturated heterocycles. The van der Waals surface area contributed by atoms with Gasteiger partial charge in [0.1, 0.15) is 5.69 Å². The molecule has 3 heterocycles. The molecule has 1 amide bonds. The second-order valence-corrected chi connectivity index (χ2v) is 7.23. The van der Waals surface area contributed by atoms with Gasteiger partial charge in [0, 0.05) is 17.1 Å². The smallest absolute Gasteiger partial charge is 0.292 e. The van der Waals surface area contributed by atoms with Gasteiger partial charge in [-0.2, -0.15) is 9.78 Å². The highest BCUT2D eigenvalue weighted by Gasteiger charge is 2.26. The number of carbonyl (C=O) groups excluding carboxylic acids is 1. The van der Waals surface area contributed by atoms with Gasteiger partial charge in [0.2, 0.25) is 11.6 Å². The van der Waals surface area contributed by atoms with E-state index in [4.69, 9.17) is 17.3 Å². The van der Waals surface area contributed by atoms with Crippen molar-refractivity contribution in [2.75, 3.05) is 18.8 Å². The quantitative estimate of drug-likeness (QED) is 0.445. The third-order valence-electron chi connectivity index (χ3n) is 4.75. The first-order chi connectivity index (χ1) is 14.6. The summed E-state index contributed by atoms with van der Waals surface area (Å²) in [5.74, 6) is -0.427. The molecule has 0 atom stereocenters. The molecule has 1 fully saturated rings. The highest BCUT2D eigenvalue weighted by atomic mass is 35.5. The van der Waals surface area contributed by atoms with Crippen LogP contribution in [0, 0.1) is 0 Å². The molecule has 3 N–H and O–H groups in total. The van der Waals surface area contributed by atoms with Gasteiger partial charge in [0.15, 0.2) is 5.69 Å². The van der Waals surface area contributed by atoms with Gasteiger partial charge in [-0.05, 0) is 42.3 Å². The zero-order chi connectivity index (χ0) is 20.9. The van der Waals surface area contributed by atoms with Gasteiger partial charge in [-0.15, -0.1) is 5.10 Å². The maximum atomic E-state index is 13.0. The lowest BCUT2D eigenvalue weighted by atomic mass is 10.1. The van der Waals surface area contributed by atoms with Crippen LogP contribution in [0.3, 0.4) is 0 Å². The highest BCUT2D eigenvalue weighted by Crippen LogP contribution is 2.19. The number of anilines is 1. The number of nitrogens with two attached hydrogens (primary N) is 1. The molecule has 0 unspecified atom stereocenters. The number of hydrazone groups is 1. The Morgan fingerprint density at radius 3 is 2.80 bits per heavy atom. The van der Waals surface area contributed by atoms with Crippen LogP contribution in [0.15, 0.2) is 34.0 Å². The average Bonchev–Trinajstić information content (AvgIpc) is 3.36. The lowest BCUT2D eigenvalue weighted by molar-refractivity contribution is 0.0944. The van der Waals surface area contributed by atoms with Crippen molar-refractivity contribution < 1.29 is 9.42 Å². The molecule has 0 aliphatic carbocycles. The van der Waals surface area contributed by atoms with Crippen molar-refractivity contribution >= 4 is 29.5 Å². The maximum absolute atomic E-state index is 13.0. The van der Waals surface area contributed by atoms with Gasteiger partial charge in [-0.3, -0.25) is 9.69 Å². The number of halogens is 1. The zero-order valence-electron chi connectivity index (χ0n) is 16.0. The van der Waals surface area contributed by atoms with Crippen molar-refractivity contribution in [1.29, 1.82) is 0 Å². The molecule has 3 aromatic rings. The van der Waals surface area contributed by atoms with Crippen LogP contribution in [0.2, 0.25) is 5.02 Å². The van der Waals surface area contributed by atoms with E-state index in [0.717, 1.165) is 25.9 Å². The molecule has 4 rings (SSSR count). The number of likely N-dealkylation sites (tertiary alicyclic amines) is 1. The summed E-state index contributed by atoms with van der Waals surface area (Å²) in [4.78, 5) is 15.2. The summed E-state index contributed by atoms with van der Waals surface area (Å²) in [5, 5.41) is 20.0. The lowest BCUT2D eigenvalue weighted by Crippen LogP contribution is -2.31. The number of rotatable bonds is 6. The molecule has 11 nitrogen and oxygen atoms in total. The largest absolute Gasteiger partial charge is 0.378 e. The molecule has 0 radical (unpaired) electrons. The fraction of sp³-hybridized carbons (Fsp3) is 0.333. The van der Waals surface area contributed by atoms with Crippen molar-refractivity contribution in [2.24, 2.45) is 5.10 Å². The van der Waals surface area contributed by atoms with Gasteiger partial charge >= 0.3 is 0 Å². The zero-order valence-corrected chi connectivity index (χ0v) is 16.8. The SMILES string of the molecule is Nc1nonc1-n1nnc(CN2CCCCC2)c1C(=O)N/N=C/c1ccccc1Cl. The van der Waals surface area contributed by atoms with E-state index in [2.05, 4.69) is 40.7 Å². The number of nitrogens with zero attached hydrogens (tertiary/aromatic N) is 7. The van der Waals surface area contributed by atoms with Crippen LogP contribution < -0.4 is 11.2 Å². The molecule has 0 bridgehead atoms. The highest BCUT2D eigenvalue weighted by molar-refractivity contribution is 6.33. The van der Waals surface area contributed by atoms with E-state index in [9.17, 15) is 4.79 Å². The Morgan fingerprint density at radius 1 is 1.27 bits per heavy atom. The number of aromatic nitrogens is 5. The summed E-state index contributed by atoms with van der Waals surface area (Å²) in [7, 11) is 0. The molecule has 0 saturated carbocycles. The van der Waals surface area contributed by atoms with Crippen LogP contribution in [0.25, 0.3) is 5.82 Å². The van der Waals surface area contributed by atoms with Crippen LogP contribution in [-0.2, 0) is 6.54 Å². The number of carbonyl (C=O) groups is 1. The third-order valence-corrected chi connectivity index (χ3v) is 5.09.